The lowest BCUT2D eigenvalue weighted by atomic mass is 9.95. The Bertz CT molecular complexity index is 1660. The topological polar surface area (TPSA) is 96.8 Å². The number of carbonyl (C=O) groups is 3. The predicted molar refractivity (Wildman–Crippen MR) is 150 cm³/mol. The Hall–Kier alpha value is -4.63. The summed E-state index contributed by atoms with van der Waals surface area (Å²) in [5.74, 6) is -2.36. The van der Waals surface area contributed by atoms with E-state index in [9.17, 15) is 23.9 Å². The molecule has 1 aromatic heterocycles. The van der Waals surface area contributed by atoms with Gasteiger partial charge in [-0.2, -0.15) is 0 Å². The number of aryl methyl sites for hydroxylation is 2. The Kier molecular flexibility index (Phi) is 7.32. The molecule has 5 rings (SSSR count). The van der Waals surface area contributed by atoms with Gasteiger partial charge in [0.15, 0.2) is 10.9 Å². The van der Waals surface area contributed by atoms with E-state index >= 15 is 0 Å². The molecule has 7 nitrogen and oxygen atoms in total. The molecule has 1 fully saturated rings. The zero-order chi connectivity index (χ0) is 28.6. The number of ketones is 2. The lowest BCUT2D eigenvalue weighted by molar-refractivity contribution is -0.132. The van der Waals surface area contributed by atoms with Crippen LogP contribution >= 0.6 is 11.3 Å². The van der Waals surface area contributed by atoms with Gasteiger partial charge >= 0.3 is 5.91 Å². The summed E-state index contributed by atoms with van der Waals surface area (Å²) in [6, 6.07) is 18.6. The summed E-state index contributed by atoms with van der Waals surface area (Å²) in [6.45, 7) is 5.40. The van der Waals surface area contributed by atoms with Crippen LogP contribution in [-0.4, -0.2) is 27.6 Å². The van der Waals surface area contributed by atoms with Crippen LogP contribution in [0.15, 0.2) is 78.4 Å². The zero-order valence-electron chi connectivity index (χ0n) is 22.0. The van der Waals surface area contributed by atoms with Crippen LogP contribution < -0.4 is 9.64 Å². The van der Waals surface area contributed by atoms with Gasteiger partial charge in [0, 0.05) is 12.5 Å². The Labute approximate surface area is 234 Å². The number of ether oxygens (including phenoxy) is 1. The van der Waals surface area contributed by atoms with Crippen molar-refractivity contribution in [2.45, 2.75) is 33.4 Å². The average molecular weight is 557 g/mol. The molecule has 1 atom stereocenters. The number of halogens is 1. The van der Waals surface area contributed by atoms with Crippen molar-refractivity contribution in [2.75, 3.05) is 4.90 Å². The van der Waals surface area contributed by atoms with E-state index in [0.717, 1.165) is 27.4 Å². The molecule has 9 heteroatoms. The molecule has 0 aliphatic carbocycles. The van der Waals surface area contributed by atoms with Crippen molar-refractivity contribution in [3.8, 4) is 5.75 Å². The number of hydrogen-bond donors (Lipinski definition) is 1. The molecule has 1 aliphatic rings. The number of aliphatic hydroxyl groups excluding tert-OH is 1. The Balaban J connectivity index is 1.53. The summed E-state index contributed by atoms with van der Waals surface area (Å²) in [5, 5.41) is 11.5. The highest BCUT2D eigenvalue weighted by atomic mass is 32.1. The van der Waals surface area contributed by atoms with Gasteiger partial charge in [-0.25, -0.2) is 9.37 Å². The second kappa shape index (κ2) is 10.9. The number of carbonyl (C=O) groups excluding carboxylic acids is 3. The van der Waals surface area contributed by atoms with E-state index in [2.05, 4.69) is 4.98 Å². The molecule has 0 spiro atoms. The average Bonchev–Trinajstić information content (AvgIpc) is 3.45. The first kappa shape index (κ1) is 27.0. The molecule has 202 valence electrons. The smallest absolute Gasteiger partial charge is 0.301 e. The molecule has 2 heterocycles. The fourth-order valence-corrected chi connectivity index (χ4v) is 5.59. The number of benzene rings is 3. The Morgan fingerprint density at radius 1 is 1.02 bits per heavy atom. The number of aliphatic hydroxyl groups is 1. The molecule has 1 N–H and O–H groups in total. The molecule has 1 aliphatic heterocycles. The largest absolute Gasteiger partial charge is 0.507 e. The van der Waals surface area contributed by atoms with Gasteiger partial charge < -0.3 is 9.84 Å². The number of amides is 1. The minimum Gasteiger partial charge on any atom is -0.507 e. The number of hydrogen-bond acceptors (Lipinski definition) is 7. The van der Waals surface area contributed by atoms with Gasteiger partial charge in [-0.1, -0.05) is 47.7 Å². The highest BCUT2D eigenvalue weighted by Crippen LogP contribution is 2.44. The molecule has 0 bridgehead atoms. The van der Waals surface area contributed by atoms with E-state index in [-0.39, 0.29) is 22.2 Å². The van der Waals surface area contributed by atoms with Crippen molar-refractivity contribution in [2.24, 2.45) is 0 Å². The second-order valence-electron chi connectivity index (χ2n) is 9.43. The summed E-state index contributed by atoms with van der Waals surface area (Å²) < 4.78 is 19.7. The molecule has 1 saturated heterocycles. The monoisotopic (exact) mass is 556 g/mol. The molecule has 3 aromatic carbocycles. The SMILES string of the molecule is CC(=O)c1sc(N2C(=O)C(=O)C(=C(O)c3ccc(OCc4ccccc4C)cc3)C2c2ccc(F)cc2)nc1C. The van der Waals surface area contributed by atoms with E-state index in [1.807, 2.05) is 31.2 Å². The van der Waals surface area contributed by atoms with Gasteiger partial charge in [0.25, 0.3) is 5.78 Å². The van der Waals surface area contributed by atoms with Crippen LogP contribution in [0.4, 0.5) is 9.52 Å². The molecule has 40 heavy (non-hydrogen) atoms. The Morgan fingerprint density at radius 2 is 1.70 bits per heavy atom. The summed E-state index contributed by atoms with van der Waals surface area (Å²) in [4.78, 5) is 44.6. The number of nitrogens with zero attached hydrogens (tertiary/aromatic N) is 2. The first-order valence-electron chi connectivity index (χ1n) is 12.5. The highest BCUT2D eigenvalue weighted by Gasteiger charge is 2.48. The number of thiazole rings is 1. The van der Waals surface area contributed by atoms with E-state index < -0.39 is 23.5 Å². The molecule has 0 saturated carbocycles. The summed E-state index contributed by atoms with van der Waals surface area (Å²) in [7, 11) is 0. The third kappa shape index (κ3) is 5.03. The van der Waals surface area contributed by atoms with Crippen molar-refractivity contribution < 1.29 is 28.6 Å². The van der Waals surface area contributed by atoms with Gasteiger partial charge in [-0.3, -0.25) is 19.3 Å². The molecular formula is C31H25FN2O5S. The number of rotatable bonds is 7. The van der Waals surface area contributed by atoms with E-state index in [0.29, 0.717) is 34.1 Å². The van der Waals surface area contributed by atoms with Crippen LogP contribution in [0.25, 0.3) is 5.76 Å². The van der Waals surface area contributed by atoms with Gasteiger partial charge in [0.05, 0.1) is 22.2 Å². The Morgan fingerprint density at radius 3 is 2.33 bits per heavy atom. The zero-order valence-corrected chi connectivity index (χ0v) is 22.8. The van der Waals surface area contributed by atoms with Crippen molar-refractivity contribution in [3.63, 3.8) is 0 Å². The molecule has 4 aromatic rings. The maximum absolute atomic E-state index is 13.8. The summed E-state index contributed by atoms with van der Waals surface area (Å²) >= 11 is 0.986. The number of aromatic nitrogens is 1. The normalized spacial score (nSPS) is 16.4. The molecule has 1 unspecified atom stereocenters. The van der Waals surface area contributed by atoms with Crippen molar-refractivity contribution in [1.29, 1.82) is 0 Å². The maximum atomic E-state index is 13.8. The van der Waals surface area contributed by atoms with Gasteiger partial charge in [-0.05, 0) is 66.9 Å². The number of Topliss-reactive ketones (excluding diaryl/α,β-unsaturated/α-hetero) is 2. The van der Waals surface area contributed by atoms with Crippen molar-refractivity contribution >= 4 is 39.7 Å². The molecular weight excluding hydrogens is 531 g/mol. The number of anilines is 1. The minimum absolute atomic E-state index is 0.137. The summed E-state index contributed by atoms with van der Waals surface area (Å²) in [5.41, 5.74) is 3.11. The van der Waals surface area contributed by atoms with Gasteiger partial charge in [-0.15, -0.1) is 0 Å². The summed E-state index contributed by atoms with van der Waals surface area (Å²) in [6.07, 6.45) is 0. The first-order valence-corrected chi connectivity index (χ1v) is 13.3. The molecule has 0 radical (unpaired) electrons. The van der Waals surface area contributed by atoms with Crippen LogP contribution in [0.2, 0.25) is 0 Å². The third-order valence-corrected chi connectivity index (χ3v) is 7.98. The van der Waals surface area contributed by atoms with Crippen molar-refractivity contribution in [1.82, 2.24) is 4.98 Å². The minimum atomic E-state index is -1.08. The van der Waals surface area contributed by atoms with Crippen LogP contribution in [0, 0.1) is 19.7 Å². The van der Waals surface area contributed by atoms with E-state index in [1.165, 1.54) is 31.2 Å². The van der Waals surface area contributed by atoms with Crippen LogP contribution in [0.3, 0.4) is 0 Å². The standard InChI is InChI=1S/C31H25FN2O5S/c1-17-6-4-5-7-22(17)16-39-24-14-10-21(11-15-24)27(36)25-26(20-8-12-23(32)13-9-20)34(30(38)28(25)37)31-33-18(2)29(40-31)19(3)35/h4-15,26,36H,16H2,1-3H3. The van der Waals surface area contributed by atoms with Crippen LogP contribution in [-0.2, 0) is 16.2 Å². The fraction of sp³-hybridized carbons (Fsp3) is 0.161. The van der Waals surface area contributed by atoms with Crippen LogP contribution in [0.5, 0.6) is 5.75 Å². The predicted octanol–water partition coefficient (Wildman–Crippen LogP) is 6.31. The van der Waals surface area contributed by atoms with Crippen LogP contribution in [0.1, 0.15) is 50.6 Å². The lowest BCUT2D eigenvalue weighted by Gasteiger charge is -2.23. The lowest BCUT2D eigenvalue weighted by Crippen LogP contribution is -2.29. The van der Waals surface area contributed by atoms with Gasteiger partial charge in [0.2, 0.25) is 0 Å². The first-order chi connectivity index (χ1) is 19.2. The quantitative estimate of drug-likeness (QED) is 0.124. The second-order valence-corrected chi connectivity index (χ2v) is 10.4. The van der Waals surface area contributed by atoms with E-state index in [4.69, 9.17) is 4.74 Å². The van der Waals surface area contributed by atoms with E-state index in [1.54, 1.807) is 31.2 Å². The third-order valence-electron chi connectivity index (χ3n) is 6.72. The highest BCUT2D eigenvalue weighted by molar-refractivity contribution is 7.18. The molecule has 1 amide bonds. The van der Waals surface area contributed by atoms with Crippen molar-refractivity contribution in [3.05, 3.63) is 117 Å². The maximum Gasteiger partial charge on any atom is 0.301 e. The fourth-order valence-electron chi connectivity index (χ4n) is 4.60. The van der Waals surface area contributed by atoms with Gasteiger partial charge in [0.1, 0.15) is 23.9 Å².